The van der Waals surface area contributed by atoms with E-state index >= 15 is 0 Å². The quantitative estimate of drug-likeness (QED) is 0.739. The van der Waals surface area contributed by atoms with Crippen molar-refractivity contribution in [1.29, 1.82) is 0 Å². The lowest BCUT2D eigenvalue weighted by Crippen LogP contribution is -2.19. The minimum atomic E-state index is 0.399. The SMILES string of the molecule is ClCc1nc2cc(Cl)ccc2n1CCOC1CCCCC1. The molecule has 1 aromatic carbocycles. The maximum Gasteiger partial charge on any atom is 0.124 e. The van der Waals surface area contributed by atoms with E-state index in [-0.39, 0.29) is 0 Å². The van der Waals surface area contributed by atoms with Crippen LogP contribution in [0, 0.1) is 0 Å². The third-order valence-corrected chi connectivity index (χ3v) is 4.60. The highest BCUT2D eigenvalue weighted by atomic mass is 35.5. The molecule has 1 saturated carbocycles. The second-order valence-corrected chi connectivity index (χ2v) is 6.28. The predicted molar refractivity (Wildman–Crippen MR) is 87.1 cm³/mol. The molecule has 114 valence electrons. The summed E-state index contributed by atoms with van der Waals surface area (Å²) >= 11 is 12.0. The van der Waals surface area contributed by atoms with E-state index in [1.807, 2.05) is 18.2 Å². The number of ether oxygens (including phenoxy) is 1. The maximum absolute atomic E-state index is 6.02. The van der Waals surface area contributed by atoms with Crippen LogP contribution in [0.25, 0.3) is 11.0 Å². The smallest absolute Gasteiger partial charge is 0.124 e. The van der Waals surface area contributed by atoms with Crippen LogP contribution in [-0.2, 0) is 17.2 Å². The molecule has 0 aliphatic heterocycles. The second-order valence-electron chi connectivity index (χ2n) is 5.58. The van der Waals surface area contributed by atoms with E-state index in [0.717, 1.165) is 23.4 Å². The molecule has 1 aromatic heterocycles. The highest BCUT2D eigenvalue weighted by molar-refractivity contribution is 6.31. The van der Waals surface area contributed by atoms with Crippen molar-refractivity contribution in [2.45, 2.75) is 50.6 Å². The first-order valence-corrected chi connectivity index (χ1v) is 8.51. The highest BCUT2D eigenvalue weighted by Crippen LogP contribution is 2.23. The fourth-order valence-corrected chi connectivity index (χ4v) is 3.42. The van der Waals surface area contributed by atoms with Gasteiger partial charge in [-0.3, -0.25) is 0 Å². The molecule has 1 aliphatic carbocycles. The number of aromatic nitrogens is 2. The van der Waals surface area contributed by atoms with Gasteiger partial charge in [-0.05, 0) is 31.0 Å². The monoisotopic (exact) mass is 326 g/mol. The zero-order valence-corrected chi connectivity index (χ0v) is 13.5. The number of fused-ring (bicyclic) bond motifs is 1. The van der Waals surface area contributed by atoms with Crippen molar-refractivity contribution in [2.24, 2.45) is 0 Å². The molecule has 3 rings (SSSR count). The van der Waals surface area contributed by atoms with Crippen LogP contribution in [-0.4, -0.2) is 22.3 Å². The molecule has 0 N–H and O–H groups in total. The lowest BCUT2D eigenvalue weighted by Gasteiger charge is -2.22. The molecule has 2 aromatic rings. The Bertz CT molecular complexity index is 606. The van der Waals surface area contributed by atoms with Gasteiger partial charge in [0.25, 0.3) is 0 Å². The average molecular weight is 327 g/mol. The van der Waals surface area contributed by atoms with Crippen LogP contribution < -0.4 is 0 Å². The van der Waals surface area contributed by atoms with E-state index in [4.69, 9.17) is 27.9 Å². The van der Waals surface area contributed by atoms with Crippen LogP contribution in [0.2, 0.25) is 5.02 Å². The third kappa shape index (κ3) is 3.53. The Kier molecular flexibility index (Phi) is 5.04. The number of benzene rings is 1. The van der Waals surface area contributed by atoms with Crippen molar-refractivity contribution < 1.29 is 4.74 Å². The lowest BCUT2D eigenvalue weighted by molar-refractivity contribution is 0.0242. The van der Waals surface area contributed by atoms with Gasteiger partial charge in [0.15, 0.2) is 0 Å². The lowest BCUT2D eigenvalue weighted by atomic mass is 9.98. The van der Waals surface area contributed by atoms with Crippen molar-refractivity contribution in [1.82, 2.24) is 9.55 Å². The summed E-state index contributed by atoms with van der Waals surface area (Å²) < 4.78 is 8.15. The maximum atomic E-state index is 6.02. The molecule has 0 radical (unpaired) electrons. The highest BCUT2D eigenvalue weighted by Gasteiger charge is 2.15. The molecule has 0 saturated heterocycles. The Balaban J connectivity index is 1.70. The van der Waals surface area contributed by atoms with Crippen molar-refractivity contribution in [3.8, 4) is 0 Å². The van der Waals surface area contributed by atoms with Gasteiger partial charge in [0.05, 0.1) is 29.6 Å². The average Bonchev–Trinajstić information content (AvgIpc) is 2.85. The largest absolute Gasteiger partial charge is 0.376 e. The van der Waals surface area contributed by atoms with E-state index in [1.54, 1.807) is 0 Å². The number of hydrogen-bond donors (Lipinski definition) is 0. The van der Waals surface area contributed by atoms with E-state index in [2.05, 4.69) is 9.55 Å². The fourth-order valence-electron chi connectivity index (χ4n) is 3.05. The van der Waals surface area contributed by atoms with Crippen molar-refractivity contribution in [2.75, 3.05) is 6.61 Å². The summed E-state index contributed by atoms with van der Waals surface area (Å²) in [5.74, 6) is 1.27. The molecule has 0 unspecified atom stereocenters. The molecular formula is C16H20Cl2N2O. The number of hydrogen-bond acceptors (Lipinski definition) is 2. The Morgan fingerprint density at radius 3 is 2.81 bits per heavy atom. The molecule has 21 heavy (non-hydrogen) atoms. The van der Waals surface area contributed by atoms with E-state index in [0.29, 0.717) is 23.6 Å². The summed E-state index contributed by atoms with van der Waals surface area (Å²) in [5.41, 5.74) is 1.97. The molecule has 3 nitrogen and oxygen atoms in total. The predicted octanol–water partition coefficient (Wildman–Crippen LogP) is 4.78. The molecule has 1 fully saturated rings. The summed E-state index contributed by atoms with van der Waals surface area (Å²) in [5, 5.41) is 0.701. The Hall–Kier alpha value is -0.770. The minimum absolute atomic E-state index is 0.399. The van der Waals surface area contributed by atoms with E-state index in [1.165, 1.54) is 32.1 Å². The van der Waals surface area contributed by atoms with Crippen LogP contribution in [0.4, 0.5) is 0 Å². The van der Waals surface area contributed by atoms with Gasteiger partial charge in [0, 0.05) is 11.6 Å². The molecule has 0 atom stereocenters. The number of nitrogens with zero attached hydrogens (tertiary/aromatic N) is 2. The summed E-state index contributed by atoms with van der Waals surface area (Å²) in [6, 6.07) is 5.77. The molecule has 1 heterocycles. The molecule has 1 aliphatic rings. The molecule has 5 heteroatoms. The zero-order valence-electron chi connectivity index (χ0n) is 12.0. The Morgan fingerprint density at radius 1 is 1.24 bits per heavy atom. The number of alkyl halides is 1. The number of rotatable bonds is 5. The van der Waals surface area contributed by atoms with Crippen LogP contribution in [0.1, 0.15) is 37.9 Å². The molecular weight excluding hydrogens is 307 g/mol. The van der Waals surface area contributed by atoms with Gasteiger partial charge in [-0.1, -0.05) is 30.9 Å². The van der Waals surface area contributed by atoms with E-state index in [9.17, 15) is 0 Å². The zero-order chi connectivity index (χ0) is 14.7. The standard InChI is InChI=1S/C16H20Cl2N2O/c17-11-16-19-14-10-12(18)6-7-15(14)20(16)8-9-21-13-4-2-1-3-5-13/h6-7,10,13H,1-5,8-9,11H2. The van der Waals surface area contributed by atoms with Gasteiger partial charge in [0.1, 0.15) is 5.82 Å². The van der Waals surface area contributed by atoms with Gasteiger partial charge in [-0.25, -0.2) is 4.98 Å². The first-order chi connectivity index (χ1) is 10.3. The summed E-state index contributed by atoms with van der Waals surface area (Å²) in [4.78, 5) is 4.55. The molecule has 0 bridgehead atoms. The number of imidazole rings is 1. The first kappa shape index (κ1) is 15.1. The topological polar surface area (TPSA) is 27.1 Å². The van der Waals surface area contributed by atoms with Gasteiger partial charge in [-0.2, -0.15) is 0 Å². The van der Waals surface area contributed by atoms with Gasteiger partial charge in [-0.15, -0.1) is 11.6 Å². The van der Waals surface area contributed by atoms with Gasteiger partial charge < -0.3 is 9.30 Å². The number of halogens is 2. The van der Waals surface area contributed by atoms with Gasteiger partial charge >= 0.3 is 0 Å². The summed E-state index contributed by atoms with van der Waals surface area (Å²) in [7, 11) is 0. The third-order valence-electron chi connectivity index (χ3n) is 4.13. The Labute approximate surface area is 135 Å². The van der Waals surface area contributed by atoms with Crippen molar-refractivity contribution in [3.05, 3.63) is 29.0 Å². The molecule has 0 amide bonds. The van der Waals surface area contributed by atoms with Crippen molar-refractivity contribution >= 4 is 34.2 Å². The summed E-state index contributed by atoms with van der Waals surface area (Å²) in [6.07, 6.45) is 6.77. The molecule has 0 spiro atoms. The minimum Gasteiger partial charge on any atom is -0.376 e. The normalized spacial score (nSPS) is 16.7. The fraction of sp³-hybridized carbons (Fsp3) is 0.562. The van der Waals surface area contributed by atoms with Crippen LogP contribution in [0.3, 0.4) is 0 Å². The first-order valence-electron chi connectivity index (χ1n) is 7.60. The second kappa shape index (κ2) is 6.99. The Morgan fingerprint density at radius 2 is 2.05 bits per heavy atom. The van der Waals surface area contributed by atoms with E-state index < -0.39 is 0 Å². The van der Waals surface area contributed by atoms with Crippen LogP contribution in [0.5, 0.6) is 0 Å². The van der Waals surface area contributed by atoms with Crippen LogP contribution in [0.15, 0.2) is 18.2 Å². The van der Waals surface area contributed by atoms with Gasteiger partial charge in [0.2, 0.25) is 0 Å². The van der Waals surface area contributed by atoms with Crippen molar-refractivity contribution in [3.63, 3.8) is 0 Å². The summed E-state index contributed by atoms with van der Waals surface area (Å²) in [6.45, 7) is 1.50. The van der Waals surface area contributed by atoms with Crippen LogP contribution >= 0.6 is 23.2 Å².